The van der Waals surface area contributed by atoms with Crippen LogP contribution in [-0.4, -0.2) is 18.2 Å². The second kappa shape index (κ2) is 5.19. The van der Waals surface area contributed by atoms with E-state index in [1.807, 2.05) is 19.1 Å². The van der Waals surface area contributed by atoms with Crippen molar-refractivity contribution in [1.82, 2.24) is 0 Å². The molecule has 0 bridgehead atoms. The lowest BCUT2D eigenvalue weighted by Crippen LogP contribution is -2.10. The Balaban J connectivity index is 2.40. The van der Waals surface area contributed by atoms with Crippen LogP contribution in [0.5, 0.6) is 5.75 Å². The molecule has 1 N–H and O–H groups in total. The highest BCUT2D eigenvalue weighted by Crippen LogP contribution is 2.48. The van der Waals surface area contributed by atoms with Gasteiger partial charge in [0, 0.05) is 5.92 Å². The zero-order valence-corrected chi connectivity index (χ0v) is 11.3. The summed E-state index contributed by atoms with van der Waals surface area (Å²) in [6.07, 6.45) is 2.32. The SMILES string of the molecule is COc1c(C(CC(=O)O)C2CC2)ccc(C)c1Cl. The predicted octanol–water partition coefficient (Wildman–Crippen LogP) is 3.63. The first kappa shape index (κ1) is 13.2. The molecular formula is C14H17ClO3. The normalized spacial score (nSPS) is 16.4. The molecule has 1 aromatic carbocycles. The monoisotopic (exact) mass is 268 g/mol. The van der Waals surface area contributed by atoms with Crippen molar-refractivity contribution >= 4 is 17.6 Å². The van der Waals surface area contributed by atoms with Crippen molar-refractivity contribution in [3.05, 3.63) is 28.3 Å². The highest BCUT2D eigenvalue weighted by Gasteiger charge is 2.35. The summed E-state index contributed by atoms with van der Waals surface area (Å²) in [7, 11) is 1.58. The minimum absolute atomic E-state index is 0.00977. The highest BCUT2D eigenvalue weighted by atomic mass is 35.5. The van der Waals surface area contributed by atoms with Crippen LogP contribution in [0.25, 0.3) is 0 Å². The van der Waals surface area contributed by atoms with Gasteiger partial charge in [0.15, 0.2) is 0 Å². The molecule has 4 heteroatoms. The van der Waals surface area contributed by atoms with Crippen molar-refractivity contribution < 1.29 is 14.6 Å². The van der Waals surface area contributed by atoms with Gasteiger partial charge in [-0.05, 0) is 36.8 Å². The molecule has 0 heterocycles. The molecule has 1 aliphatic carbocycles. The Bertz CT molecular complexity index is 466. The molecule has 1 atom stereocenters. The lowest BCUT2D eigenvalue weighted by atomic mass is 9.89. The summed E-state index contributed by atoms with van der Waals surface area (Å²) in [5.41, 5.74) is 1.88. The number of halogens is 1. The minimum atomic E-state index is -0.773. The Kier molecular flexibility index (Phi) is 3.81. The van der Waals surface area contributed by atoms with Gasteiger partial charge in [0.05, 0.1) is 18.6 Å². The van der Waals surface area contributed by atoms with E-state index in [-0.39, 0.29) is 12.3 Å². The fourth-order valence-electron chi connectivity index (χ4n) is 2.39. The third-order valence-corrected chi connectivity index (χ3v) is 3.98. The number of rotatable bonds is 5. The van der Waals surface area contributed by atoms with Gasteiger partial charge in [0.25, 0.3) is 0 Å². The van der Waals surface area contributed by atoms with Gasteiger partial charge in [-0.1, -0.05) is 23.7 Å². The summed E-state index contributed by atoms with van der Waals surface area (Å²) in [4.78, 5) is 11.0. The van der Waals surface area contributed by atoms with Crippen LogP contribution < -0.4 is 4.74 Å². The van der Waals surface area contributed by atoms with E-state index in [4.69, 9.17) is 21.4 Å². The van der Waals surface area contributed by atoms with Crippen molar-refractivity contribution in [2.45, 2.75) is 32.1 Å². The number of benzene rings is 1. The van der Waals surface area contributed by atoms with Crippen molar-refractivity contribution in [2.24, 2.45) is 5.92 Å². The smallest absolute Gasteiger partial charge is 0.303 e. The second-order valence-corrected chi connectivity index (χ2v) is 5.24. The Labute approximate surface area is 112 Å². The van der Waals surface area contributed by atoms with E-state index in [1.54, 1.807) is 7.11 Å². The molecular weight excluding hydrogens is 252 g/mol. The third-order valence-electron chi connectivity index (χ3n) is 3.51. The number of hydrogen-bond donors (Lipinski definition) is 1. The van der Waals surface area contributed by atoms with Crippen LogP contribution in [0.4, 0.5) is 0 Å². The zero-order chi connectivity index (χ0) is 13.3. The summed E-state index contributed by atoms with van der Waals surface area (Å²) >= 11 is 6.23. The van der Waals surface area contributed by atoms with Gasteiger partial charge in [-0.3, -0.25) is 4.79 Å². The van der Waals surface area contributed by atoms with Crippen molar-refractivity contribution in [3.8, 4) is 5.75 Å². The number of methoxy groups -OCH3 is 1. The van der Waals surface area contributed by atoms with E-state index in [0.717, 1.165) is 24.0 Å². The molecule has 0 aliphatic heterocycles. The number of carbonyl (C=O) groups is 1. The Morgan fingerprint density at radius 1 is 1.56 bits per heavy atom. The average molecular weight is 269 g/mol. The molecule has 1 aromatic rings. The summed E-state index contributed by atoms with van der Waals surface area (Å²) in [6.45, 7) is 1.91. The van der Waals surface area contributed by atoms with Gasteiger partial charge >= 0.3 is 5.97 Å². The minimum Gasteiger partial charge on any atom is -0.495 e. The second-order valence-electron chi connectivity index (χ2n) is 4.86. The third kappa shape index (κ3) is 2.61. The van der Waals surface area contributed by atoms with Gasteiger partial charge in [-0.15, -0.1) is 0 Å². The summed E-state index contributed by atoms with van der Waals surface area (Å²) in [5, 5.41) is 9.62. The maximum absolute atomic E-state index is 11.0. The highest BCUT2D eigenvalue weighted by molar-refractivity contribution is 6.33. The van der Waals surface area contributed by atoms with E-state index < -0.39 is 5.97 Å². The van der Waals surface area contributed by atoms with E-state index in [0.29, 0.717) is 16.7 Å². The first-order chi connectivity index (χ1) is 8.54. The lowest BCUT2D eigenvalue weighted by molar-refractivity contribution is -0.137. The van der Waals surface area contributed by atoms with Gasteiger partial charge in [-0.2, -0.15) is 0 Å². The van der Waals surface area contributed by atoms with Crippen LogP contribution in [0, 0.1) is 12.8 Å². The van der Waals surface area contributed by atoms with Crippen LogP contribution in [0.2, 0.25) is 5.02 Å². The Hall–Kier alpha value is -1.22. The largest absolute Gasteiger partial charge is 0.495 e. The molecule has 1 unspecified atom stereocenters. The molecule has 1 fully saturated rings. The topological polar surface area (TPSA) is 46.5 Å². The van der Waals surface area contributed by atoms with Crippen LogP contribution in [0.3, 0.4) is 0 Å². The number of hydrogen-bond acceptors (Lipinski definition) is 2. The molecule has 0 spiro atoms. The number of carboxylic acid groups (broad SMARTS) is 1. The quantitative estimate of drug-likeness (QED) is 0.887. The number of aryl methyl sites for hydroxylation is 1. The summed E-state index contributed by atoms with van der Waals surface area (Å²) in [6, 6.07) is 3.88. The molecule has 0 radical (unpaired) electrons. The molecule has 3 nitrogen and oxygen atoms in total. The van der Waals surface area contributed by atoms with E-state index >= 15 is 0 Å². The first-order valence-electron chi connectivity index (χ1n) is 6.09. The molecule has 18 heavy (non-hydrogen) atoms. The van der Waals surface area contributed by atoms with E-state index in [1.165, 1.54) is 0 Å². The Morgan fingerprint density at radius 3 is 2.72 bits per heavy atom. The van der Waals surface area contributed by atoms with Gasteiger partial charge in [0.2, 0.25) is 0 Å². The van der Waals surface area contributed by atoms with Crippen LogP contribution in [0.1, 0.15) is 36.3 Å². The number of ether oxygens (including phenoxy) is 1. The number of carboxylic acids is 1. The molecule has 98 valence electrons. The van der Waals surface area contributed by atoms with E-state index in [2.05, 4.69) is 0 Å². The lowest BCUT2D eigenvalue weighted by Gasteiger charge is -2.19. The van der Waals surface area contributed by atoms with Crippen molar-refractivity contribution in [2.75, 3.05) is 7.11 Å². The Morgan fingerprint density at radius 2 is 2.22 bits per heavy atom. The van der Waals surface area contributed by atoms with Gasteiger partial charge < -0.3 is 9.84 Å². The molecule has 2 rings (SSSR count). The average Bonchev–Trinajstić information content (AvgIpc) is 3.13. The van der Waals surface area contributed by atoms with Crippen LogP contribution in [-0.2, 0) is 4.79 Å². The predicted molar refractivity (Wildman–Crippen MR) is 70.5 cm³/mol. The summed E-state index contributed by atoms with van der Waals surface area (Å²) in [5.74, 6) is 0.324. The fourth-order valence-corrected chi connectivity index (χ4v) is 2.64. The van der Waals surface area contributed by atoms with Gasteiger partial charge in [-0.25, -0.2) is 0 Å². The summed E-state index contributed by atoms with van der Waals surface area (Å²) < 4.78 is 5.37. The number of aliphatic carboxylic acids is 1. The van der Waals surface area contributed by atoms with Crippen molar-refractivity contribution in [3.63, 3.8) is 0 Å². The maximum atomic E-state index is 11.0. The van der Waals surface area contributed by atoms with Crippen molar-refractivity contribution in [1.29, 1.82) is 0 Å². The molecule has 1 saturated carbocycles. The molecule has 0 aromatic heterocycles. The fraction of sp³-hybridized carbons (Fsp3) is 0.500. The van der Waals surface area contributed by atoms with Crippen LogP contribution >= 0.6 is 11.6 Å². The molecule has 1 aliphatic rings. The van der Waals surface area contributed by atoms with Crippen LogP contribution in [0.15, 0.2) is 12.1 Å². The first-order valence-corrected chi connectivity index (χ1v) is 6.47. The van der Waals surface area contributed by atoms with Gasteiger partial charge in [0.1, 0.15) is 5.75 Å². The molecule has 0 saturated heterocycles. The maximum Gasteiger partial charge on any atom is 0.303 e. The molecule has 0 amide bonds. The van der Waals surface area contributed by atoms with E-state index in [9.17, 15) is 4.79 Å². The standard InChI is InChI=1S/C14H17ClO3/c1-8-3-6-10(14(18-2)13(8)15)11(7-12(16)17)9-4-5-9/h3,6,9,11H,4-5,7H2,1-2H3,(H,16,17). The zero-order valence-electron chi connectivity index (χ0n) is 10.6.